The molecular weight excluding hydrogens is 228 g/mol. The fourth-order valence-electron chi connectivity index (χ4n) is 1.51. The fourth-order valence-corrected chi connectivity index (χ4v) is 1.51. The maximum Gasteiger partial charge on any atom is 0.259 e. The maximum absolute atomic E-state index is 11.9. The van der Waals surface area contributed by atoms with E-state index >= 15 is 0 Å². The lowest BCUT2D eigenvalue weighted by atomic mass is 10.1. The summed E-state index contributed by atoms with van der Waals surface area (Å²) in [7, 11) is 0. The zero-order valence-corrected chi connectivity index (χ0v) is 9.42. The molecule has 88 valence electrons. The fraction of sp³-hybridized carbons (Fsp3) is 0. The molecule has 2 aromatic carbocycles. The molecule has 2 N–H and O–H groups in total. The highest BCUT2D eigenvalue weighted by Gasteiger charge is 2.12. The minimum atomic E-state index is -0.448. The Hall–Kier alpha value is -2.80. The Kier molecular flexibility index (Phi) is 3.26. The van der Waals surface area contributed by atoms with E-state index in [4.69, 9.17) is 5.26 Å². The summed E-state index contributed by atoms with van der Waals surface area (Å²) in [5, 5.41) is 21.0. The number of nitrogens with zero attached hydrogens (tertiary/aromatic N) is 1. The molecule has 0 unspecified atom stereocenters. The van der Waals surface area contributed by atoms with Gasteiger partial charge in [-0.1, -0.05) is 18.2 Å². The average molecular weight is 238 g/mol. The smallest absolute Gasteiger partial charge is 0.259 e. The number of nitriles is 1. The highest BCUT2D eigenvalue weighted by atomic mass is 16.3. The molecular formula is C14H10N2O2. The maximum atomic E-state index is 11.9. The Morgan fingerprint density at radius 3 is 2.56 bits per heavy atom. The number of rotatable bonds is 2. The second-order valence-corrected chi connectivity index (χ2v) is 3.66. The zero-order chi connectivity index (χ0) is 13.0. The highest BCUT2D eigenvalue weighted by Crippen LogP contribution is 2.19. The lowest BCUT2D eigenvalue weighted by Crippen LogP contribution is -2.12. The molecule has 0 heterocycles. The molecule has 0 aliphatic carbocycles. The molecule has 0 saturated carbocycles. The molecule has 0 saturated heterocycles. The first-order valence-corrected chi connectivity index (χ1v) is 5.30. The van der Waals surface area contributed by atoms with E-state index in [0.29, 0.717) is 11.3 Å². The van der Waals surface area contributed by atoms with Gasteiger partial charge in [-0.25, -0.2) is 0 Å². The molecule has 0 aromatic heterocycles. The van der Waals surface area contributed by atoms with Crippen LogP contribution in [0.25, 0.3) is 0 Å². The van der Waals surface area contributed by atoms with Crippen LogP contribution in [0.15, 0.2) is 48.5 Å². The quantitative estimate of drug-likeness (QED) is 0.844. The van der Waals surface area contributed by atoms with Crippen molar-refractivity contribution < 1.29 is 9.90 Å². The number of benzene rings is 2. The number of phenolic OH excluding ortho intramolecular Hbond substituents is 1. The third-order valence-electron chi connectivity index (χ3n) is 2.40. The molecule has 0 atom stereocenters. The standard InChI is InChI=1S/C14H10N2O2/c15-9-10-6-7-13(17)12(8-10)14(18)16-11-4-2-1-3-5-11/h1-8,17H,(H,16,18). The molecule has 0 spiro atoms. The number of para-hydroxylation sites is 1. The van der Waals surface area contributed by atoms with Gasteiger partial charge in [0.25, 0.3) is 5.91 Å². The van der Waals surface area contributed by atoms with Crippen LogP contribution in [0.2, 0.25) is 0 Å². The first-order chi connectivity index (χ1) is 8.70. The normalized spacial score (nSPS) is 9.50. The molecule has 0 aliphatic heterocycles. The van der Waals surface area contributed by atoms with Gasteiger partial charge in [-0.05, 0) is 30.3 Å². The Bertz CT molecular complexity index is 615. The third-order valence-corrected chi connectivity index (χ3v) is 2.40. The molecule has 4 heteroatoms. The zero-order valence-electron chi connectivity index (χ0n) is 9.42. The van der Waals surface area contributed by atoms with Crippen molar-refractivity contribution in [1.82, 2.24) is 0 Å². The van der Waals surface area contributed by atoms with E-state index < -0.39 is 5.91 Å². The summed E-state index contributed by atoms with van der Waals surface area (Å²) in [4.78, 5) is 11.9. The molecule has 0 fully saturated rings. The molecule has 0 radical (unpaired) electrons. The first-order valence-electron chi connectivity index (χ1n) is 5.30. The topological polar surface area (TPSA) is 73.1 Å². The Morgan fingerprint density at radius 2 is 1.89 bits per heavy atom. The molecule has 4 nitrogen and oxygen atoms in total. The van der Waals surface area contributed by atoms with Crippen molar-refractivity contribution in [2.45, 2.75) is 0 Å². The minimum absolute atomic E-state index is 0.0814. The van der Waals surface area contributed by atoms with E-state index in [-0.39, 0.29) is 11.3 Å². The lowest BCUT2D eigenvalue weighted by Gasteiger charge is -2.06. The Morgan fingerprint density at radius 1 is 1.17 bits per heavy atom. The van der Waals surface area contributed by atoms with E-state index in [2.05, 4.69) is 5.32 Å². The van der Waals surface area contributed by atoms with Crippen LogP contribution in [-0.2, 0) is 0 Å². The molecule has 2 aromatic rings. The second kappa shape index (κ2) is 5.02. The number of nitrogens with one attached hydrogen (secondary N) is 1. The van der Waals surface area contributed by atoms with Crippen molar-refractivity contribution in [3.8, 4) is 11.8 Å². The van der Waals surface area contributed by atoms with Gasteiger partial charge in [0, 0.05) is 5.69 Å². The van der Waals surface area contributed by atoms with Gasteiger partial charge in [0.05, 0.1) is 17.2 Å². The summed E-state index contributed by atoms with van der Waals surface area (Å²) in [6.45, 7) is 0. The van der Waals surface area contributed by atoms with Gasteiger partial charge < -0.3 is 10.4 Å². The van der Waals surface area contributed by atoms with Gasteiger partial charge in [-0.15, -0.1) is 0 Å². The summed E-state index contributed by atoms with van der Waals surface area (Å²) in [6.07, 6.45) is 0. The summed E-state index contributed by atoms with van der Waals surface area (Å²) in [5.41, 5.74) is 1.04. The first kappa shape index (κ1) is 11.7. The summed E-state index contributed by atoms with van der Waals surface area (Å²) in [6, 6.07) is 15.0. The summed E-state index contributed by atoms with van der Waals surface area (Å²) >= 11 is 0. The Balaban J connectivity index is 2.27. The van der Waals surface area contributed by atoms with Crippen LogP contribution >= 0.6 is 0 Å². The number of phenols is 1. The molecule has 18 heavy (non-hydrogen) atoms. The van der Waals surface area contributed by atoms with Gasteiger partial charge in [-0.3, -0.25) is 4.79 Å². The van der Waals surface area contributed by atoms with Crippen molar-refractivity contribution in [1.29, 1.82) is 5.26 Å². The third kappa shape index (κ3) is 2.47. The summed E-state index contributed by atoms with van der Waals surface area (Å²) in [5.74, 6) is -0.599. The number of carbonyl (C=O) groups is 1. The average Bonchev–Trinajstić information content (AvgIpc) is 2.40. The van der Waals surface area contributed by atoms with Gasteiger partial charge in [0.15, 0.2) is 0 Å². The van der Waals surface area contributed by atoms with Crippen molar-refractivity contribution in [3.63, 3.8) is 0 Å². The van der Waals surface area contributed by atoms with Crippen LogP contribution in [-0.4, -0.2) is 11.0 Å². The summed E-state index contributed by atoms with van der Waals surface area (Å²) < 4.78 is 0. The van der Waals surface area contributed by atoms with E-state index in [1.54, 1.807) is 24.3 Å². The van der Waals surface area contributed by atoms with E-state index in [1.165, 1.54) is 18.2 Å². The SMILES string of the molecule is N#Cc1ccc(O)c(C(=O)Nc2ccccc2)c1. The number of carbonyl (C=O) groups excluding carboxylic acids is 1. The van der Waals surface area contributed by atoms with Crippen LogP contribution < -0.4 is 5.32 Å². The van der Waals surface area contributed by atoms with Gasteiger partial charge in [-0.2, -0.15) is 5.26 Å². The van der Waals surface area contributed by atoms with Crippen LogP contribution in [0.1, 0.15) is 15.9 Å². The number of aromatic hydroxyl groups is 1. The minimum Gasteiger partial charge on any atom is -0.507 e. The van der Waals surface area contributed by atoms with Crippen molar-refractivity contribution in [2.24, 2.45) is 0 Å². The van der Waals surface area contributed by atoms with Crippen molar-refractivity contribution in [3.05, 3.63) is 59.7 Å². The van der Waals surface area contributed by atoms with Crippen molar-refractivity contribution >= 4 is 11.6 Å². The number of amides is 1. The lowest BCUT2D eigenvalue weighted by molar-refractivity contribution is 0.102. The molecule has 0 aliphatic rings. The van der Waals surface area contributed by atoms with Crippen molar-refractivity contribution in [2.75, 3.05) is 5.32 Å². The van der Waals surface area contributed by atoms with E-state index in [0.717, 1.165) is 0 Å². The van der Waals surface area contributed by atoms with Crippen LogP contribution in [0, 0.1) is 11.3 Å². The van der Waals surface area contributed by atoms with Crippen LogP contribution in [0.4, 0.5) is 5.69 Å². The molecule has 2 rings (SSSR count). The predicted octanol–water partition coefficient (Wildman–Crippen LogP) is 2.52. The second-order valence-electron chi connectivity index (χ2n) is 3.66. The van der Waals surface area contributed by atoms with Gasteiger partial charge >= 0.3 is 0 Å². The molecule has 1 amide bonds. The van der Waals surface area contributed by atoms with Gasteiger partial charge in [0.2, 0.25) is 0 Å². The predicted molar refractivity (Wildman–Crippen MR) is 67.2 cm³/mol. The number of hydrogen-bond donors (Lipinski definition) is 2. The molecule has 0 bridgehead atoms. The van der Waals surface area contributed by atoms with Gasteiger partial charge in [0.1, 0.15) is 5.75 Å². The van der Waals surface area contributed by atoms with E-state index in [1.807, 2.05) is 12.1 Å². The largest absolute Gasteiger partial charge is 0.507 e. The van der Waals surface area contributed by atoms with E-state index in [9.17, 15) is 9.90 Å². The van der Waals surface area contributed by atoms with Crippen LogP contribution in [0.5, 0.6) is 5.75 Å². The van der Waals surface area contributed by atoms with Crippen LogP contribution in [0.3, 0.4) is 0 Å². The number of anilines is 1. The number of hydrogen-bond acceptors (Lipinski definition) is 3. The Labute approximate surface area is 104 Å². The monoisotopic (exact) mass is 238 g/mol. The highest BCUT2D eigenvalue weighted by molar-refractivity contribution is 6.06.